The number of hydrogen-bond donors (Lipinski definition) is 1. The van der Waals surface area contributed by atoms with Crippen molar-refractivity contribution in [2.75, 3.05) is 24.0 Å². The van der Waals surface area contributed by atoms with Gasteiger partial charge in [-0.05, 0) is 31.7 Å². The normalized spacial score (nSPS) is 14.3. The minimum absolute atomic E-state index is 0.123. The largest absolute Gasteiger partial charge is 0.354 e. The van der Waals surface area contributed by atoms with Crippen LogP contribution in [0.3, 0.4) is 0 Å². The Hall–Kier alpha value is -1.20. The SMILES string of the molecule is CCC(CSC)N(C)c1nc2ccccn2c1CC(C)N. The Kier molecular flexibility index (Phi) is 5.53. The molecule has 0 aliphatic heterocycles. The molecule has 2 rings (SSSR count). The summed E-state index contributed by atoms with van der Waals surface area (Å²) in [5, 5.41) is 0. The van der Waals surface area contributed by atoms with Crippen LogP contribution in [0.15, 0.2) is 24.4 Å². The maximum absolute atomic E-state index is 6.05. The van der Waals surface area contributed by atoms with Gasteiger partial charge in [0.1, 0.15) is 5.65 Å². The highest BCUT2D eigenvalue weighted by Crippen LogP contribution is 2.25. The van der Waals surface area contributed by atoms with E-state index in [9.17, 15) is 0 Å². The molecule has 0 spiro atoms. The van der Waals surface area contributed by atoms with Crippen molar-refractivity contribution in [1.82, 2.24) is 9.38 Å². The summed E-state index contributed by atoms with van der Waals surface area (Å²) >= 11 is 1.88. The zero-order chi connectivity index (χ0) is 15.4. The number of imidazole rings is 1. The summed E-state index contributed by atoms with van der Waals surface area (Å²) < 4.78 is 2.17. The second-order valence-electron chi connectivity index (χ2n) is 5.62. The molecule has 21 heavy (non-hydrogen) atoms. The summed E-state index contributed by atoms with van der Waals surface area (Å²) in [5.74, 6) is 2.18. The van der Waals surface area contributed by atoms with Gasteiger partial charge in [0, 0.05) is 37.5 Å². The molecule has 0 fully saturated rings. The van der Waals surface area contributed by atoms with Gasteiger partial charge in [-0.3, -0.25) is 0 Å². The van der Waals surface area contributed by atoms with E-state index in [1.54, 1.807) is 0 Å². The first-order valence-corrected chi connectivity index (χ1v) is 8.91. The van der Waals surface area contributed by atoms with E-state index in [4.69, 9.17) is 10.7 Å². The van der Waals surface area contributed by atoms with Crippen LogP contribution in [0.1, 0.15) is 26.0 Å². The third-order valence-electron chi connectivity index (χ3n) is 3.84. The van der Waals surface area contributed by atoms with Gasteiger partial charge in [0.25, 0.3) is 0 Å². The van der Waals surface area contributed by atoms with Gasteiger partial charge in [-0.1, -0.05) is 13.0 Å². The van der Waals surface area contributed by atoms with Gasteiger partial charge in [0.05, 0.1) is 5.69 Å². The van der Waals surface area contributed by atoms with Crippen LogP contribution in [0.2, 0.25) is 0 Å². The van der Waals surface area contributed by atoms with E-state index in [-0.39, 0.29) is 6.04 Å². The number of nitrogens with zero attached hydrogens (tertiary/aromatic N) is 3. The Balaban J connectivity index is 2.45. The molecule has 2 N–H and O–H groups in total. The third kappa shape index (κ3) is 3.52. The summed E-state index contributed by atoms with van der Waals surface area (Å²) in [5.41, 5.74) is 8.25. The van der Waals surface area contributed by atoms with Crippen LogP contribution in [-0.2, 0) is 6.42 Å². The Morgan fingerprint density at radius 2 is 2.19 bits per heavy atom. The van der Waals surface area contributed by atoms with Gasteiger partial charge in [-0.15, -0.1) is 0 Å². The fraction of sp³-hybridized carbons (Fsp3) is 0.562. The fourth-order valence-corrected chi connectivity index (χ4v) is 3.52. The lowest BCUT2D eigenvalue weighted by molar-refractivity contribution is 0.655. The van der Waals surface area contributed by atoms with E-state index in [2.05, 4.69) is 41.8 Å². The lowest BCUT2D eigenvalue weighted by atomic mass is 10.1. The Labute approximate surface area is 131 Å². The molecule has 2 aromatic rings. The molecule has 2 unspecified atom stereocenters. The molecule has 4 nitrogen and oxygen atoms in total. The van der Waals surface area contributed by atoms with E-state index in [1.165, 1.54) is 5.69 Å². The van der Waals surface area contributed by atoms with Crippen molar-refractivity contribution in [2.45, 2.75) is 38.8 Å². The fourth-order valence-electron chi connectivity index (χ4n) is 2.68. The molecule has 2 atom stereocenters. The number of anilines is 1. The van der Waals surface area contributed by atoms with Crippen molar-refractivity contribution in [3.63, 3.8) is 0 Å². The van der Waals surface area contributed by atoms with Gasteiger partial charge in [-0.2, -0.15) is 11.8 Å². The highest BCUT2D eigenvalue weighted by molar-refractivity contribution is 7.98. The van der Waals surface area contributed by atoms with Crippen LogP contribution in [0.4, 0.5) is 5.82 Å². The molecule has 0 radical (unpaired) electrons. The summed E-state index contributed by atoms with van der Waals surface area (Å²) in [7, 11) is 2.15. The number of rotatable bonds is 7. The molecule has 0 bridgehead atoms. The van der Waals surface area contributed by atoms with Gasteiger partial charge in [-0.25, -0.2) is 4.98 Å². The molecule has 0 saturated carbocycles. The van der Waals surface area contributed by atoms with Gasteiger partial charge in [0.2, 0.25) is 0 Å². The highest BCUT2D eigenvalue weighted by atomic mass is 32.2. The van der Waals surface area contributed by atoms with Crippen molar-refractivity contribution in [2.24, 2.45) is 5.73 Å². The number of nitrogens with two attached hydrogens (primary N) is 1. The molecule has 0 aliphatic carbocycles. The van der Waals surface area contributed by atoms with Crippen LogP contribution >= 0.6 is 11.8 Å². The minimum Gasteiger partial charge on any atom is -0.354 e. The molecule has 0 amide bonds. The van der Waals surface area contributed by atoms with Crippen molar-refractivity contribution in [3.8, 4) is 0 Å². The topological polar surface area (TPSA) is 46.6 Å². The number of pyridine rings is 1. The maximum Gasteiger partial charge on any atom is 0.151 e. The second kappa shape index (κ2) is 7.18. The molecule has 0 aromatic carbocycles. The lowest BCUT2D eigenvalue weighted by Crippen LogP contribution is -2.34. The number of fused-ring (bicyclic) bond motifs is 1. The molecule has 2 heterocycles. The third-order valence-corrected chi connectivity index (χ3v) is 4.55. The molecule has 0 aliphatic rings. The van der Waals surface area contributed by atoms with E-state index < -0.39 is 0 Å². The number of thioether (sulfide) groups is 1. The maximum atomic E-state index is 6.05. The molecule has 5 heteroatoms. The van der Waals surface area contributed by atoms with Gasteiger partial charge in [0.15, 0.2) is 5.82 Å². The van der Waals surface area contributed by atoms with Crippen molar-refractivity contribution < 1.29 is 0 Å². The van der Waals surface area contributed by atoms with Gasteiger partial charge >= 0.3 is 0 Å². The van der Waals surface area contributed by atoms with Crippen LogP contribution < -0.4 is 10.6 Å². The van der Waals surface area contributed by atoms with E-state index in [0.717, 1.165) is 30.1 Å². The average molecular weight is 306 g/mol. The van der Waals surface area contributed by atoms with Crippen LogP contribution in [0, 0.1) is 0 Å². The standard InChI is InChI=1S/C16H26N4S/c1-5-13(11-21-4)19(3)16-14(10-12(2)17)20-9-7-6-8-15(20)18-16/h6-9,12-13H,5,10-11,17H2,1-4H3. The van der Waals surface area contributed by atoms with Crippen LogP contribution in [0.25, 0.3) is 5.65 Å². The number of aromatic nitrogens is 2. The smallest absolute Gasteiger partial charge is 0.151 e. The Morgan fingerprint density at radius 1 is 1.43 bits per heavy atom. The summed E-state index contributed by atoms with van der Waals surface area (Å²) in [6, 6.07) is 6.75. The molecule has 116 valence electrons. The quantitative estimate of drug-likeness (QED) is 0.854. The van der Waals surface area contributed by atoms with Crippen LogP contribution in [0.5, 0.6) is 0 Å². The highest BCUT2D eigenvalue weighted by Gasteiger charge is 2.21. The van der Waals surface area contributed by atoms with Crippen molar-refractivity contribution >= 4 is 23.2 Å². The Bertz CT molecular complexity index is 579. The molecule has 0 saturated heterocycles. The number of hydrogen-bond acceptors (Lipinski definition) is 4. The van der Waals surface area contributed by atoms with E-state index >= 15 is 0 Å². The first-order chi connectivity index (χ1) is 10.1. The summed E-state index contributed by atoms with van der Waals surface area (Å²) in [6.45, 7) is 4.28. The van der Waals surface area contributed by atoms with E-state index in [0.29, 0.717) is 6.04 Å². The molecule has 2 aromatic heterocycles. The Morgan fingerprint density at radius 3 is 2.81 bits per heavy atom. The lowest BCUT2D eigenvalue weighted by Gasteiger charge is -2.28. The van der Waals surface area contributed by atoms with Crippen molar-refractivity contribution in [1.29, 1.82) is 0 Å². The first-order valence-electron chi connectivity index (χ1n) is 7.51. The van der Waals surface area contributed by atoms with Crippen LogP contribution in [-0.4, -0.2) is 40.5 Å². The second-order valence-corrected chi connectivity index (χ2v) is 6.53. The zero-order valence-electron chi connectivity index (χ0n) is 13.4. The predicted octanol–water partition coefficient (Wildman–Crippen LogP) is 2.80. The zero-order valence-corrected chi connectivity index (χ0v) is 14.2. The summed E-state index contributed by atoms with van der Waals surface area (Å²) in [4.78, 5) is 7.16. The monoisotopic (exact) mass is 306 g/mol. The van der Waals surface area contributed by atoms with E-state index in [1.807, 2.05) is 30.8 Å². The van der Waals surface area contributed by atoms with Crippen molar-refractivity contribution in [3.05, 3.63) is 30.1 Å². The predicted molar refractivity (Wildman–Crippen MR) is 93.4 cm³/mol. The average Bonchev–Trinajstić information content (AvgIpc) is 2.82. The molecular formula is C16H26N4S. The minimum atomic E-state index is 0.123. The first kappa shape index (κ1) is 16.2. The molecular weight excluding hydrogens is 280 g/mol. The van der Waals surface area contributed by atoms with Gasteiger partial charge < -0.3 is 15.0 Å². The summed E-state index contributed by atoms with van der Waals surface area (Å²) in [6.07, 6.45) is 6.18.